The molecule has 6 heteroatoms. The van der Waals surface area contributed by atoms with Crippen molar-refractivity contribution in [3.63, 3.8) is 0 Å². The van der Waals surface area contributed by atoms with E-state index in [1.54, 1.807) is 0 Å². The average molecular weight is 227 g/mol. The number of imidazole rings is 1. The smallest absolute Gasteiger partial charge is 0.257 e. The van der Waals surface area contributed by atoms with Gasteiger partial charge in [-0.2, -0.15) is 0 Å². The predicted molar refractivity (Wildman–Crippen MR) is 61.0 cm³/mol. The molecule has 0 unspecified atom stereocenters. The fourth-order valence-corrected chi connectivity index (χ4v) is 1.27. The molecular weight excluding hydrogens is 210 g/mol. The van der Waals surface area contributed by atoms with Crippen LogP contribution in [-0.4, -0.2) is 9.65 Å². The molecule has 1 heterocycles. The lowest BCUT2D eigenvalue weighted by molar-refractivity contribution is -0.702. The van der Waals surface area contributed by atoms with Crippen LogP contribution < -0.4 is 4.57 Å². The molecule has 0 saturated heterocycles. The third-order valence-corrected chi connectivity index (χ3v) is 2.15. The van der Waals surface area contributed by atoms with Gasteiger partial charge in [-0.15, -0.1) is 0 Å². The van der Waals surface area contributed by atoms with E-state index in [0.29, 0.717) is 0 Å². The molecule has 0 aromatic carbocycles. The van der Waals surface area contributed by atoms with E-state index in [1.807, 2.05) is 17.0 Å². The molecule has 6 nitrogen and oxygen atoms in total. The van der Waals surface area contributed by atoms with Gasteiger partial charge in [0.25, 0.3) is 5.82 Å². The van der Waals surface area contributed by atoms with Gasteiger partial charge in [-0.05, 0) is 6.42 Å². The molecule has 0 amide bonds. The maximum Gasteiger partial charge on any atom is 0.257 e. The molecule has 0 spiro atoms. The highest BCUT2D eigenvalue weighted by Crippen LogP contribution is 1.95. The number of nitrogens with zero attached hydrogens (tertiary/aromatic N) is 3. The second-order valence-electron chi connectivity index (χ2n) is 3.21. The first-order chi connectivity index (χ1) is 7.52. The quantitative estimate of drug-likeness (QED) is 0.446. The number of hydrogen-bond donors (Lipinski definition) is 0. The van der Waals surface area contributed by atoms with Crippen molar-refractivity contribution < 1.29 is 9.65 Å². The van der Waals surface area contributed by atoms with Crippen LogP contribution in [0, 0.1) is 22.2 Å². The second-order valence-corrected chi connectivity index (χ2v) is 3.21. The summed E-state index contributed by atoms with van der Waals surface area (Å²) in [6, 6.07) is 0. The molecule has 1 aromatic rings. The van der Waals surface area contributed by atoms with E-state index in [9.17, 15) is 0 Å². The summed E-state index contributed by atoms with van der Waals surface area (Å²) in [5, 5.41) is 14.8. The Bertz CT molecular complexity index is 343. The molecule has 16 heavy (non-hydrogen) atoms. The fourth-order valence-electron chi connectivity index (χ4n) is 1.27. The van der Waals surface area contributed by atoms with E-state index >= 15 is 0 Å². The maximum absolute atomic E-state index is 8.25. The summed E-state index contributed by atoms with van der Waals surface area (Å²) < 4.78 is 4.29. The zero-order valence-electron chi connectivity index (χ0n) is 9.63. The first-order valence-corrected chi connectivity index (χ1v) is 5.03. The first kappa shape index (κ1) is 14.2. The highest BCUT2D eigenvalue weighted by Gasteiger charge is 2.07. The van der Waals surface area contributed by atoms with Crippen LogP contribution in [0.1, 0.15) is 25.6 Å². The van der Waals surface area contributed by atoms with Crippen LogP contribution in [0.3, 0.4) is 0 Å². The molecule has 0 N–H and O–H groups in total. The Morgan fingerprint density at radius 2 is 2.19 bits per heavy atom. The van der Waals surface area contributed by atoms with Gasteiger partial charge >= 0.3 is 0 Å². The molecule has 0 fully saturated rings. The topological polar surface area (TPSA) is 75.0 Å². The van der Waals surface area contributed by atoms with Crippen molar-refractivity contribution >= 4 is 6.20 Å². The lowest BCUT2D eigenvalue weighted by Gasteiger charge is -1.96. The van der Waals surface area contributed by atoms with Crippen molar-refractivity contribution in [3.05, 3.63) is 40.1 Å². The molecule has 0 saturated carbocycles. The molecule has 0 atom stereocenters. The number of hydrogen-bond acceptors (Lipinski definition) is 3. The van der Waals surface area contributed by atoms with Crippen molar-refractivity contribution in [3.8, 4) is 0 Å². The van der Waals surface area contributed by atoms with Crippen molar-refractivity contribution in [2.45, 2.75) is 33.2 Å². The molecule has 1 aromatic heterocycles. The molecule has 0 aliphatic carbocycles. The van der Waals surface area contributed by atoms with Crippen LogP contribution in [0.15, 0.2) is 19.0 Å². The second kappa shape index (κ2) is 7.44. The zero-order chi connectivity index (χ0) is 12.6. The van der Waals surface area contributed by atoms with Gasteiger partial charge in [0, 0.05) is 6.92 Å². The zero-order valence-corrected chi connectivity index (χ0v) is 9.63. The number of unbranched alkanes of at least 4 members (excludes halogenated alkanes) is 1. The van der Waals surface area contributed by atoms with Crippen molar-refractivity contribution in [1.82, 2.24) is 4.57 Å². The summed E-state index contributed by atoms with van der Waals surface area (Å²) in [5.74, 6) is 1.25. The van der Waals surface area contributed by atoms with Gasteiger partial charge in [0.15, 0.2) is 0 Å². The van der Waals surface area contributed by atoms with Crippen molar-refractivity contribution in [2.24, 2.45) is 0 Å². The Balaban J connectivity index is 0.000000487. The van der Waals surface area contributed by atoms with Crippen LogP contribution in [0.2, 0.25) is 0 Å². The summed E-state index contributed by atoms with van der Waals surface area (Å²) >= 11 is 0. The van der Waals surface area contributed by atoms with Gasteiger partial charge in [-0.25, -0.2) is 9.13 Å². The van der Waals surface area contributed by atoms with E-state index in [-0.39, 0.29) is 0 Å². The minimum absolute atomic E-state index is 1.11. The Hall–Kier alpha value is -1.85. The Labute approximate surface area is 94.6 Å². The molecular formula is C10H17N3O3. The van der Waals surface area contributed by atoms with E-state index in [0.717, 1.165) is 6.54 Å². The summed E-state index contributed by atoms with van der Waals surface area (Å²) in [5.41, 5.74) is 0. The summed E-state index contributed by atoms with van der Waals surface area (Å²) in [7, 11) is 0. The highest BCUT2D eigenvalue weighted by atomic mass is 16.9. The summed E-state index contributed by atoms with van der Waals surface area (Å²) in [4.78, 5) is 8.25. The van der Waals surface area contributed by atoms with Gasteiger partial charge in [-0.1, -0.05) is 19.9 Å². The summed E-state index contributed by atoms with van der Waals surface area (Å²) in [6.45, 7) is 9.17. The van der Waals surface area contributed by atoms with E-state index in [4.69, 9.17) is 15.3 Å². The minimum Gasteiger partial charge on any atom is -0.356 e. The van der Waals surface area contributed by atoms with Crippen molar-refractivity contribution in [1.29, 1.82) is 0 Å². The molecule has 0 aliphatic rings. The molecule has 1 rings (SSSR count). The molecule has 0 radical (unpaired) electrons. The number of aromatic nitrogens is 2. The normalized spacial score (nSPS) is 9.12. The highest BCUT2D eigenvalue weighted by molar-refractivity contribution is 5.16. The largest absolute Gasteiger partial charge is 0.356 e. The fraction of sp³-hybridized carbons (Fsp3) is 0.500. The Kier molecular flexibility index (Phi) is 6.58. The van der Waals surface area contributed by atoms with Gasteiger partial charge in [0.2, 0.25) is 0 Å². The Morgan fingerprint density at radius 3 is 2.56 bits per heavy atom. The monoisotopic (exact) mass is 227 g/mol. The van der Waals surface area contributed by atoms with Crippen LogP contribution in [0.25, 0.3) is 6.20 Å². The van der Waals surface area contributed by atoms with Gasteiger partial charge in [-0.3, -0.25) is 0 Å². The average Bonchev–Trinajstić information content (AvgIpc) is 2.55. The first-order valence-electron chi connectivity index (χ1n) is 5.03. The molecule has 0 aliphatic heterocycles. The number of aryl methyl sites for hydroxylation is 1. The predicted octanol–water partition coefficient (Wildman–Crippen LogP) is 1.75. The maximum atomic E-state index is 8.25. The lowest BCUT2D eigenvalue weighted by Crippen LogP contribution is -2.35. The lowest BCUT2D eigenvalue weighted by atomic mass is 10.3. The van der Waals surface area contributed by atoms with Gasteiger partial charge in [0.05, 0.1) is 17.8 Å². The van der Waals surface area contributed by atoms with Gasteiger partial charge in [0.1, 0.15) is 12.4 Å². The SMILES string of the molecule is C=Cn1cc[n+](CCCC)c1C.O=[N+]([O-])[O-]. The van der Waals surface area contributed by atoms with Crippen LogP contribution in [-0.2, 0) is 6.54 Å². The van der Waals surface area contributed by atoms with Crippen LogP contribution >= 0.6 is 0 Å². The van der Waals surface area contributed by atoms with Crippen molar-refractivity contribution in [2.75, 3.05) is 0 Å². The van der Waals surface area contributed by atoms with Gasteiger partial charge < -0.3 is 15.3 Å². The van der Waals surface area contributed by atoms with E-state index < -0.39 is 5.09 Å². The number of rotatable bonds is 4. The third-order valence-electron chi connectivity index (χ3n) is 2.15. The van der Waals surface area contributed by atoms with Crippen LogP contribution in [0.5, 0.6) is 0 Å². The Morgan fingerprint density at radius 1 is 1.62 bits per heavy atom. The standard InChI is InChI=1S/C10H17N2.NO3/c1-4-6-7-12-9-8-11(5-2)10(12)3;2-1(3)4/h5,8-9H,2,4,6-7H2,1,3H3;/q+1;-1. The van der Waals surface area contributed by atoms with Crippen LogP contribution in [0.4, 0.5) is 0 Å². The van der Waals surface area contributed by atoms with E-state index in [2.05, 4.69) is 31.2 Å². The molecule has 0 bridgehead atoms. The molecule has 90 valence electrons. The minimum atomic E-state index is -1.75. The third kappa shape index (κ3) is 5.14. The van der Waals surface area contributed by atoms with E-state index in [1.165, 1.54) is 18.7 Å². The summed E-state index contributed by atoms with van der Waals surface area (Å²) in [6.07, 6.45) is 8.46.